The molecule has 3 rings (SSSR count). The zero-order valence-corrected chi connectivity index (χ0v) is 17.0. The highest BCUT2D eigenvalue weighted by atomic mass is 32.2. The van der Waals surface area contributed by atoms with Crippen molar-refractivity contribution in [2.75, 3.05) is 11.9 Å². The first-order valence-electron chi connectivity index (χ1n) is 8.75. The van der Waals surface area contributed by atoms with E-state index in [1.54, 1.807) is 26.0 Å². The van der Waals surface area contributed by atoms with E-state index in [4.69, 9.17) is 9.26 Å². The van der Waals surface area contributed by atoms with Crippen LogP contribution in [-0.2, 0) is 14.8 Å². The first-order valence-corrected chi connectivity index (χ1v) is 10.2. The van der Waals surface area contributed by atoms with Gasteiger partial charge in [0.25, 0.3) is 5.91 Å². The predicted octanol–water partition coefficient (Wildman–Crippen LogP) is 4.01. The van der Waals surface area contributed by atoms with Crippen molar-refractivity contribution in [2.45, 2.75) is 25.7 Å². The summed E-state index contributed by atoms with van der Waals surface area (Å²) >= 11 is 0. The molecule has 0 bridgehead atoms. The van der Waals surface area contributed by atoms with Crippen molar-refractivity contribution in [1.29, 1.82) is 0 Å². The Morgan fingerprint density at radius 3 is 2.31 bits per heavy atom. The van der Waals surface area contributed by atoms with Gasteiger partial charge in [0.1, 0.15) is 15.8 Å². The van der Waals surface area contributed by atoms with E-state index < -0.39 is 10.0 Å². The van der Waals surface area contributed by atoms with E-state index in [0.717, 1.165) is 5.56 Å². The second kappa shape index (κ2) is 8.36. The number of aromatic nitrogens is 1. The number of sulfonamides is 1. The van der Waals surface area contributed by atoms with Gasteiger partial charge in [-0.05, 0) is 62.7 Å². The Balaban J connectivity index is 1.59. The summed E-state index contributed by atoms with van der Waals surface area (Å²) in [7, 11) is -3.96. The van der Waals surface area contributed by atoms with Crippen LogP contribution < -0.4 is 10.1 Å². The first kappa shape index (κ1) is 20.4. The molecular formula is C20H20N3O5S-. The second-order valence-corrected chi connectivity index (χ2v) is 8.04. The second-order valence-electron chi connectivity index (χ2n) is 6.44. The first-order chi connectivity index (χ1) is 13.7. The van der Waals surface area contributed by atoms with Crippen LogP contribution in [0.25, 0.3) is 4.72 Å². The zero-order valence-electron chi connectivity index (χ0n) is 16.2. The summed E-state index contributed by atoms with van der Waals surface area (Å²) < 4.78 is 38.9. The van der Waals surface area contributed by atoms with Crippen LogP contribution in [0.5, 0.6) is 5.75 Å². The number of rotatable bonds is 7. The summed E-state index contributed by atoms with van der Waals surface area (Å²) in [5.41, 5.74) is 2.67. The highest BCUT2D eigenvalue weighted by molar-refractivity contribution is 7.94. The topological polar surface area (TPSA) is 113 Å². The molecule has 3 aromatic rings. The molecule has 8 nitrogen and oxygen atoms in total. The van der Waals surface area contributed by atoms with E-state index in [0.29, 0.717) is 22.7 Å². The van der Waals surface area contributed by atoms with Gasteiger partial charge in [0.15, 0.2) is 6.61 Å². The third kappa shape index (κ3) is 5.14. The van der Waals surface area contributed by atoms with Crippen LogP contribution in [0.3, 0.4) is 0 Å². The number of hydrogen-bond acceptors (Lipinski definition) is 6. The number of nitrogens with zero attached hydrogens (tertiary/aromatic N) is 2. The van der Waals surface area contributed by atoms with E-state index in [9.17, 15) is 13.2 Å². The maximum absolute atomic E-state index is 12.4. The van der Waals surface area contributed by atoms with Crippen molar-refractivity contribution in [1.82, 2.24) is 5.16 Å². The van der Waals surface area contributed by atoms with Gasteiger partial charge >= 0.3 is 0 Å². The van der Waals surface area contributed by atoms with Gasteiger partial charge in [-0.1, -0.05) is 22.9 Å². The molecule has 1 aromatic heterocycles. The van der Waals surface area contributed by atoms with Crippen molar-refractivity contribution in [3.63, 3.8) is 0 Å². The van der Waals surface area contributed by atoms with Crippen LogP contribution in [0.1, 0.15) is 16.8 Å². The molecule has 1 heterocycles. The summed E-state index contributed by atoms with van der Waals surface area (Å²) in [5.74, 6) is 0.179. The van der Waals surface area contributed by atoms with Crippen LogP contribution >= 0.6 is 0 Å². The summed E-state index contributed by atoms with van der Waals surface area (Å²) in [5, 5.41) is 6.34. The standard InChI is InChI=1S/C20H21N3O5S/c1-13-4-8-17(9-5-13)27-12-19(24)21-16-6-10-18(11-7-16)29(25,26)23-20-14(2)15(3)22-28-20/h4-11H,12H2,1-3H3,(H2,21,22,23,24)/p-1. The lowest BCUT2D eigenvalue weighted by Gasteiger charge is -2.19. The summed E-state index contributed by atoms with van der Waals surface area (Å²) in [6.45, 7) is 5.17. The lowest BCUT2D eigenvalue weighted by molar-refractivity contribution is -0.118. The maximum atomic E-state index is 12.4. The molecule has 0 atom stereocenters. The van der Waals surface area contributed by atoms with Crippen LogP contribution in [0.15, 0.2) is 57.9 Å². The number of carbonyl (C=O) groups is 1. The van der Waals surface area contributed by atoms with Gasteiger partial charge in [-0.3, -0.25) is 4.79 Å². The lowest BCUT2D eigenvalue weighted by atomic mass is 10.2. The predicted molar refractivity (Wildman–Crippen MR) is 108 cm³/mol. The molecule has 0 saturated carbocycles. The molecule has 1 N–H and O–H groups in total. The molecule has 0 radical (unpaired) electrons. The quantitative estimate of drug-likeness (QED) is 0.625. The highest BCUT2D eigenvalue weighted by Crippen LogP contribution is 2.32. The molecule has 0 aliphatic heterocycles. The largest absolute Gasteiger partial charge is 0.539 e. The van der Waals surface area contributed by atoms with Crippen molar-refractivity contribution in [3.8, 4) is 5.75 Å². The third-order valence-electron chi connectivity index (χ3n) is 4.16. The molecule has 2 aromatic carbocycles. The number of anilines is 1. The summed E-state index contributed by atoms with van der Waals surface area (Å²) in [6, 6.07) is 13.0. The van der Waals surface area contributed by atoms with Crippen molar-refractivity contribution >= 4 is 27.5 Å². The number of aryl methyl sites for hydroxylation is 2. The fraction of sp³-hybridized carbons (Fsp3) is 0.200. The minimum absolute atomic E-state index is 0.0279. The Labute approximate surface area is 168 Å². The molecule has 0 unspecified atom stereocenters. The summed E-state index contributed by atoms with van der Waals surface area (Å²) in [6.07, 6.45) is 0. The average molecular weight is 414 g/mol. The number of ether oxygens (including phenoxy) is 1. The van der Waals surface area contributed by atoms with Crippen LogP contribution in [0, 0.1) is 20.8 Å². The van der Waals surface area contributed by atoms with Gasteiger partial charge in [0, 0.05) is 5.69 Å². The Morgan fingerprint density at radius 2 is 1.72 bits per heavy atom. The fourth-order valence-electron chi connectivity index (χ4n) is 2.34. The van der Waals surface area contributed by atoms with Gasteiger partial charge < -0.3 is 19.3 Å². The minimum atomic E-state index is -3.96. The molecule has 0 aliphatic rings. The number of carbonyl (C=O) groups excluding carboxylic acids is 1. The molecule has 9 heteroatoms. The van der Waals surface area contributed by atoms with E-state index in [-0.39, 0.29) is 23.3 Å². The van der Waals surface area contributed by atoms with Crippen molar-refractivity contribution in [2.24, 2.45) is 0 Å². The molecule has 152 valence electrons. The van der Waals surface area contributed by atoms with Crippen molar-refractivity contribution in [3.05, 3.63) is 70.1 Å². The Morgan fingerprint density at radius 1 is 1.07 bits per heavy atom. The molecule has 0 aliphatic carbocycles. The van der Waals surface area contributed by atoms with Gasteiger partial charge in [0.2, 0.25) is 0 Å². The van der Waals surface area contributed by atoms with Gasteiger partial charge in [-0.2, -0.15) is 0 Å². The van der Waals surface area contributed by atoms with Crippen LogP contribution in [-0.4, -0.2) is 26.1 Å². The molecule has 0 fully saturated rings. The smallest absolute Gasteiger partial charge is 0.262 e. The molecule has 0 saturated heterocycles. The number of benzene rings is 2. The maximum Gasteiger partial charge on any atom is 0.262 e. The Bertz CT molecular complexity index is 1100. The Kier molecular flexibility index (Phi) is 5.88. The van der Waals surface area contributed by atoms with E-state index >= 15 is 0 Å². The molecule has 1 amide bonds. The average Bonchev–Trinajstić information content (AvgIpc) is 2.99. The Hall–Kier alpha value is -3.33. The van der Waals surface area contributed by atoms with Gasteiger partial charge in [-0.25, -0.2) is 8.42 Å². The van der Waals surface area contributed by atoms with E-state index in [2.05, 4.69) is 15.2 Å². The van der Waals surface area contributed by atoms with Crippen LogP contribution in [0.4, 0.5) is 11.6 Å². The van der Waals surface area contributed by atoms with Gasteiger partial charge in [-0.15, -0.1) is 0 Å². The normalized spacial score (nSPS) is 11.1. The molecular weight excluding hydrogens is 394 g/mol. The third-order valence-corrected chi connectivity index (χ3v) is 5.44. The summed E-state index contributed by atoms with van der Waals surface area (Å²) in [4.78, 5) is 12.0. The minimum Gasteiger partial charge on any atom is -0.539 e. The monoisotopic (exact) mass is 414 g/mol. The molecule has 0 spiro atoms. The molecule has 29 heavy (non-hydrogen) atoms. The number of nitrogens with one attached hydrogen (secondary N) is 1. The van der Waals surface area contributed by atoms with E-state index in [1.807, 2.05) is 19.1 Å². The van der Waals surface area contributed by atoms with E-state index in [1.165, 1.54) is 24.3 Å². The van der Waals surface area contributed by atoms with Gasteiger partial charge in [0.05, 0.1) is 16.5 Å². The van der Waals surface area contributed by atoms with Crippen LogP contribution in [0.2, 0.25) is 0 Å². The SMILES string of the molecule is Cc1ccc(OCC(=O)Nc2ccc(S(=O)(=O)[N-]c3onc(C)c3C)cc2)cc1. The lowest BCUT2D eigenvalue weighted by Crippen LogP contribution is -2.20. The number of amides is 1. The fourth-order valence-corrected chi connectivity index (χ4v) is 3.32. The van der Waals surface area contributed by atoms with Crippen molar-refractivity contribution < 1.29 is 22.5 Å². The highest BCUT2D eigenvalue weighted by Gasteiger charge is 2.10. The zero-order chi connectivity index (χ0) is 21.0. The number of hydrogen-bond donors (Lipinski definition) is 1.